The van der Waals surface area contributed by atoms with Crippen molar-refractivity contribution in [3.05, 3.63) is 35.9 Å². The Bertz CT molecular complexity index is 423. The third kappa shape index (κ3) is 2.15. The van der Waals surface area contributed by atoms with Crippen LogP contribution in [0.3, 0.4) is 0 Å². The number of amides is 1. The predicted molar refractivity (Wildman–Crippen MR) is 69.2 cm³/mol. The van der Waals surface area contributed by atoms with E-state index in [2.05, 4.69) is 29.6 Å². The lowest BCUT2D eigenvalue weighted by Gasteiger charge is -2.37. The minimum Gasteiger partial charge on any atom is -0.381 e. The molecule has 2 fully saturated rings. The van der Waals surface area contributed by atoms with E-state index in [0.29, 0.717) is 6.42 Å². The van der Waals surface area contributed by atoms with Gasteiger partial charge in [-0.1, -0.05) is 30.3 Å². The number of hydrogen-bond donors (Lipinski definition) is 1. The zero-order chi connectivity index (χ0) is 12.4. The van der Waals surface area contributed by atoms with E-state index < -0.39 is 0 Å². The van der Waals surface area contributed by atoms with Crippen LogP contribution in [-0.2, 0) is 16.0 Å². The van der Waals surface area contributed by atoms with Crippen molar-refractivity contribution in [3.63, 3.8) is 0 Å². The summed E-state index contributed by atoms with van der Waals surface area (Å²) in [5, 5.41) is 3.17. The average molecular weight is 245 g/mol. The number of nitrogens with one attached hydrogen (secondary N) is 1. The summed E-state index contributed by atoms with van der Waals surface area (Å²) in [6, 6.07) is 10.7. The van der Waals surface area contributed by atoms with Gasteiger partial charge in [0.1, 0.15) is 0 Å². The summed E-state index contributed by atoms with van der Waals surface area (Å²) < 4.78 is 5.45. The Hall–Kier alpha value is -1.35. The molecule has 1 unspecified atom stereocenters. The average Bonchev–Trinajstić information content (AvgIpc) is 2.67. The van der Waals surface area contributed by atoms with Gasteiger partial charge >= 0.3 is 0 Å². The van der Waals surface area contributed by atoms with E-state index in [1.54, 1.807) is 0 Å². The number of carbonyl (C=O) groups excluding carboxylic acids is 1. The first-order valence-electron chi connectivity index (χ1n) is 6.70. The largest absolute Gasteiger partial charge is 0.381 e. The van der Waals surface area contributed by atoms with Gasteiger partial charge in [0.25, 0.3) is 0 Å². The normalized spacial score (nSPS) is 26.2. The van der Waals surface area contributed by atoms with Gasteiger partial charge in [0.2, 0.25) is 5.91 Å². The molecule has 2 aliphatic rings. The van der Waals surface area contributed by atoms with Crippen LogP contribution in [0.2, 0.25) is 0 Å². The van der Waals surface area contributed by atoms with Gasteiger partial charge in [0.15, 0.2) is 0 Å². The molecule has 1 N–H and O–H groups in total. The molecule has 2 aliphatic heterocycles. The van der Waals surface area contributed by atoms with E-state index in [9.17, 15) is 4.79 Å². The summed E-state index contributed by atoms with van der Waals surface area (Å²) in [6.45, 7) is 1.58. The molecule has 0 bridgehead atoms. The number of carbonyl (C=O) groups is 1. The second kappa shape index (κ2) is 4.73. The fourth-order valence-electron chi connectivity index (χ4n) is 3.26. The van der Waals surface area contributed by atoms with Crippen LogP contribution in [0.15, 0.2) is 30.3 Å². The zero-order valence-corrected chi connectivity index (χ0v) is 10.5. The van der Waals surface area contributed by atoms with Gasteiger partial charge in [-0.15, -0.1) is 0 Å². The smallest absolute Gasteiger partial charge is 0.220 e. The van der Waals surface area contributed by atoms with Gasteiger partial charge in [-0.05, 0) is 24.8 Å². The summed E-state index contributed by atoms with van der Waals surface area (Å²) in [4.78, 5) is 11.8. The highest BCUT2D eigenvalue weighted by Gasteiger charge is 2.47. The molecule has 0 radical (unpaired) electrons. The summed E-state index contributed by atoms with van der Waals surface area (Å²) in [6.07, 6.45) is 3.62. The maximum atomic E-state index is 11.8. The van der Waals surface area contributed by atoms with E-state index in [0.717, 1.165) is 32.5 Å². The molecule has 0 saturated carbocycles. The fraction of sp³-hybridized carbons (Fsp3) is 0.533. The Kier molecular flexibility index (Phi) is 3.08. The van der Waals surface area contributed by atoms with Crippen molar-refractivity contribution in [3.8, 4) is 0 Å². The van der Waals surface area contributed by atoms with Gasteiger partial charge in [-0.3, -0.25) is 4.79 Å². The maximum Gasteiger partial charge on any atom is 0.220 e. The Balaban J connectivity index is 1.79. The molecule has 0 aliphatic carbocycles. The maximum absolute atomic E-state index is 11.8. The van der Waals surface area contributed by atoms with Crippen LogP contribution < -0.4 is 5.32 Å². The standard InChI is InChI=1S/C15H19NO2/c17-14-11-15(6-8-18-9-7-15)13(16-14)10-12-4-2-1-3-5-12/h1-5,13H,6-11H2,(H,16,17). The highest BCUT2D eigenvalue weighted by molar-refractivity contribution is 5.80. The fourth-order valence-corrected chi connectivity index (χ4v) is 3.26. The third-order valence-corrected chi connectivity index (χ3v) is 4.36. The van der Waals surface area contributed by atoms with Crippen molar-refractivity contribution >= 4 is 5.91 Å². The lowest BCUT2D eigenvalue weighted by Crippen LogP contribution is -2.42. The van der Waals surface area contributed by atoms with Crippen LogP contribution in [-0.4, -0.2) is 25.2 Å². The van der Waals surface area contributed by atoms with Crippen LogP contribution in [0, 0.1) is 5.41 Å². The van der Waals surface area contributed by atoms with Crippen molar-refractivity contribution in [2.75, 3.05) is 13.2 Å². The number of benzene rings is 1. The third-order valence-electron chi connectivity index (χ3n) is 4.36. The lowest BCUT2D eigenvalue weighted by atomic mass is 9.72. The van der Waals surface area contributed by atoms with Crippen LogP contribution in [0.1, 0.15) is 24.8 Å². The first kappa shape index (κ1) is 11.7. The van der Waals surface area contributed by atoms with Crippen molar-refractivity contribution in [1.29, 1.82) is 0 Å². The molecule has 1 spiro atoms. The Morgan fingerprint density at radius 1 is 1.22 bits per heavy atom. The van der Waals surface area contributed by atoms with E-state index >= 15 is 0 Å². The predicted octanol–water partition coefficient (Wildman–Crippen LogP) is 1.91. The molecule has 18 heavy (non-hydrogen) atoms. The molecule has 3 nitrogen and oxygen atoms in total. The van der Waals surface area contributed by atoms with Crippen molar-refractivity contribution in [2.24, 2.45) is 5.41 Å². The van der Waals surface area contributed by atoms with Gasteiger partial charge in [-0.25, -0.2) is 0 Å². The number of ether oxygens (including phenoxy) is 1. The SMILES string of the molecule is O=C1CC2(CCOCC2)C(Cc2ccccc2)N1. The van der Waals surface area contributed by atoms with Crippen LogP contribution in [0.25, 0.3) is 0 Å². The van der Waals surface area contributed by atoms with Crippen LogP contribution in [0.5, 0.6) is 0 Å². The van der Waals surface area contributed by atoms with Gasteiger partial charge < -0.3 is 10.1 Å². The monoisotopic (exact) mass is 245 g/mol. The van der Waals surface area contributed by atoms with E-state index in [4.69, 9.17) is 4.74 Å². The molecule has 3 rings (SSSR count). The van der Waals surface area contributed by atoms with E-state index in [-0.39, 0.29) is 17.4 Å². The summed E-state index contributed by atoms with van der Waals surface area (Å²) >= 11 is 0. The molecule has 1 atom stereocenters. The Morgan fingerprint density at radius 3 is 2.67 bits per heavy atom. The van der Waals surface area contributed by atoms with Gasteiger partial charge in [0, 0.05) is 31.1 Å². The Morgan fingerprint density at radius 2 is 1.94 bits per heavy atom. The topological polar surface area (TPSA) is 38.3 Å². The first-order valence-corrected chi connectivity index (χ1v) is 6.70. The Labute approximate surface area is 108 Å². The minimum absolute atomic E-state index is 0.130. The molecule has 1 amide bonds. The van der Waals surface area contributed by atoms with Crippen molar-refractivity contribution < 1.29 is 9.53 Å². The number of rotatable bonds is 2. The molecule has 1 aromatic carbocycles. The molecule has 1 aromatic rings. The molecule has 2 heterocycles. The lowest BCUT2D eigenvalue weighted by molar-refractivity contribution is -0.120. The molecular weight excluding hydrogens is 226 g/mol. The highest BCUT2D eigenvalue weighted by atomic mass is 16.5. The summed E-state index contributed by atoms with van der Waals surface area (Å²) in [5.74, 6) is 0.206. The zero-order valence-electron chi connectivity index (χ0n) is 10.5. The molecule has 2 saturated heterocycles. The van der Waals surface area contributed by atoms with Crippen molar-refractivity contribution in [2.45, 2.75) is 31.7 Å². The van der Waals surface area contributed by atoms with E-state index in [1.807, 2.05) is 6.07 Å². The summed E-state index contributed by atoms with van der Waals surface area (Å²) in [5.41, 5.74) is 1.43. The first-order chi connectivity index (χ1) is 8.78. The minimum atomic E-state index is 0.130. The van der Waals surface area contributed by atoms with Gasteiger partial charge in [-0.2, -0.15) is 0 Å². The van der Waals surface area contributed by atoms with Crippen LogP contribution >= 0.6 is 0 Å². The molecule has 0 aromatic heterocycles. The number of hydrogen-bond acceptors (Lipinski definition) is 2. The highest BCUT2D eigenvalue weighted by Crippen LogP contribution is 2.42. The van der Waals surface area contributed by atoms with Crippen molar-refractivity contribution in [1.82, 2.24) is 5.32 Å². The van der Waals surface area contributed by atoms with Gasteiger partial charge in [0.05, 0.1) is 0 Å². The van der Waals surface area contributed by atoms with E-state index in [1.165, 1.54) is 5.56 Å². The quantitative estimate of drug-likeness (QED) is 0.864. The molecular formula is C15H19NO2. The molecule has 3 heteroatoms. The second-order valence-electron chi connectivity index (χ2n) is 5.46. The summed E-state index contributed by atoms with van der Waals surface area (Å²) in [7, 11) is 0. The second-order valence-corrected chi connectivity index (χ2v) is 5.46. The van der Waals surface area contributed by atoms with Crippen LogP contribution in [0.4, 0.5) is 0 Å². The molecule has 96 valence electrons.